The van der Waals surface area contributed by atoms with E-state index in [2.05, 4.69) is 10.1 Å². The van der Waals surface area contributed by atoms with Gasteiger partial charge in [-0.05, 0) is 26.2 Å². The predicted octanol–water partition coefficient (Wildman–Crippen LogP) is 1.30. The largest absolute Gasteiger partial charge is 0.341 e. The van der Waals surface area contributed by atoms with Gasteiger partial charge in [0.15, 0.2) is 15.7 Å². The zero-order valence-corrected chi connectivity index (χ0v) is 14.1. The zero-order chi connectivity index (χ0) is 16.3. The van der Waals surface area contributed by atoms with Crippen LogP contribution in [0, 0.1) is 6.92 Å². The topological polar surface area (TPSA) is 93.4 Å². The van der Waals surface area contributed by atoms with E-state index in [1.54, 1.807) is 18.7 Å². The summed E-state index contributed by atoms with van der Waals surface area (Å²) in [7, 11) is -3.38. The first-order chi connectivity index (χ1) is 10.3. The predicted molar refractivity (Wildman–Crippen MR) is 81.1 cm³/mol. The molecule has 0 spiro atoms. The Kier molecular flexibility index (Phi) is 5.20. The lowest BCUT2D eigenvalue weighted by Gasteiger charge is -2.32. The van der Waals surface area contributed by atoms with Gasteiger partial charge in [-0.1, -0.05) is 12.1 Å². The molecule has 0 unspecified atom stereocenters. The van der Waals surface area contributed by atoms with Crippen molar-refractivity contribution in [2.24, 2.45) is 0 Å². The summed E-state index contributed by atoms with van der Waals surface area (Å²) in [5, 5.41) is 2.93. The molecule has 1 saturated heterocycles. The van der Waals surface area contributed by atoms with Crippen LogP contribution >= 0.6 is 0 Å². The third-order valence-electron chi connectivity index (χ3n) is 4.02. The lowest BCUT2D eigenvalue weighted by atomic mass is 9.97. The molecule has 2 rings (SSSR count). The van der Waals surface area contributed by atoms with Crippen LogP contribution < -0.4 is 0 Å². The van der Waals surface area contributed by atoms with Gasteiger partial charge in [0.25, 0.3) is 0 Å². The number of aromatic nitrogens is 2. The van der Waals surface area contributed by atoms with Crippen LogP contribution in [0.3, 0.4) is 0 Å². The van der Waals surface area contributed by atoms with Crippen LogP contribution in [-0.4, -0.2) is 53.5 Å². The third-order valence-corrected chi connectivity index (χ3v) is 6.27. The summed E-state index contributed by atoms with van der Waals surface area (Å²) in [5.41, 5.74) is 0. The maximum absolute atomic E-state index is 12.5. The molecule has 0 aromatic carbocycles. The molecule has 0 radical (unpaired) electrons. The fourth-order valence-electron chi connectivity index (χ4n) is 2.74. The van der Waals surface area contributed by atoms with Gasteiger partial charge in [0.1, 0.15) is 5.25 Å². The first-order valence-electron chi connectivity index (χ1n) is 7.65. The van der Waals surface area contributed by atoms with Crippen LogP contribution in [0.5, 0.6) is 0 Å². The Hall–Kier alpha value is -1.44. The molecule has 1 aromatic heterocycles. The Labute approximate surface area is 131 Å². The van der Waals surface area contributed by atoms with Crippen molar-refractivity contribution < 1.29 is 17.7 Å². The lowest BCUT2D eigenvalue weighted by molar-refractivity contribution is -0.131. The Morgan fingerprint density at radius 3 is 2.82 bits per heavy atom. The Morgan fingerprint density at radius 1 is 1.50 bits per heavy atom. The molecule has 124 valence electrons. The van der Waals surface area contributed by atoms with E-state index in [-0.39, 0.29) is 17.6 Å². The molecule has 0 saturated carbocycles. The number of hydrogen-bond acceptors (Lipinski definition) is 6. The quantitative estimate of drug-likeness (QED) is 0.808. The minimum absolute atomic E-state index is 0.0104. The van der Waals surface area contributed by atoms with E-state index in [0.29, 0.717) is 31.2 Å². The van der Waals surface area contributed by atoms with Gasteiger partial charge in [0.05, 0.1) is 5.75 Å². The van der Waals surface area contributed by atoms with E-state index >= 15 is 0 Å². The smallest absolute Gasteiger partial charge is 0.240 e. The number of hydrogen-bond donors (Lipinski definition) is 0. The maximum Gasteiger partial charge on any atom is 0.240 e. The molecule has 7 nitrogen and oxygen atoms in total. The Morgan fingerprint density at radius 2 is 2.23 bits per heavy atom. The molecule has 0 bridgehead atoms. The van der Waals surface area contributed by atoms with Gasteiger partial charge in [-0.3, -0.25) is 4.79 Å². The second-order valence-electron chi connectivity index (χ2n) is 5.80. The molecule has 22 heavy (non-hydrogen) atoms. The van der Waals surface area contributed by atoms with Crippen LogP contribution in [0.2, 0.25) is 0 Å². The molecule has 1 amide bonds. The van der Waals surface area contributed by atoms with Crippen LogP contribution in [0.1, 0.15) is 50.7 Å². The molecule has 1 aliphatic rings. The summed E-state index contributed by atoms with van der Waals surface area (Å²) in [6.45, 7) is 6.03. The summed E-state index contributed by atoms with van der Waals surface area (Å²) >= 11 is 0. The summed E-state index contributed by atoms with van der Waals surface area (Å²) in [5.74, 6) is 0.826. The maximum atomic E-state index is 12.5. The number of rotatable bonds is 5. The zero-order valence-electron chi connectivity index (χ0n) is 13.3. The van der Waals surface area contributed by atoms with Crippen molar-refractivity contribution in [3.8, 4) is 0 Å². The molecule has 2 atom stereocenters. The number of amides is 1. The van der Waals surface area contributed by atoms with Crippen molar-refractivity contribution in [2.45, 2.75) is 51.2 Å². The molecule has 0 aliphatic carbocycles. The molecular formula is C14H23N3O4S. The van der Waals surface area contributed by atoms with Crippen molar-refractivity contribution in [2.75, 3.05) is 18.8 Å². The van der Waals surface area contributed by atoms with E-state index < -0.39 is 15.1 Å². The number of sulfone groups is 1. The average molecular weight is 329 g/mol. The Balaban J connectivity index is 2.07. The molecular weight excluding hydrogens is 306 g/mol. The van der Waals surface area contributed by atoms with Crippen LogP contribution in [0.25, 0.3) is 0 Å². The summed E-state index contributed by atoms with van der Waals surface area (Å²) in [6, 6.07) is 0. The van der Waals surface area contributed by atoms with E-state index in [1.807, 2.05) is 0 Å². The van der Waals surface area contributed by atoms with Gasteiger partial charge in [0, 0.05) is 25.9 Å². The highest BCUT2D eigenvalue weighted by atomic mass is 32.2. The number of aryl methyl sites for hydroxylation is 1. The lowest BCUT2D eigenvalue weighted by Crippen LogP contribution is -2.46. The van der Waals surface area contributed by atoms with Crippen LogP contribution in [0.15, 0.2) is 4.52 Å². The fourth-order valence-corrected chi connectivity index (χ4v) is 4.12. The summed E-state index contributed by atoms with van der Waals surface area (Å²) in [4.78, 5) is 18.3. The second-order valence-corrected chi connectivity index (χ2v) is 8.25. The first-order valence-corrected chi connectivity index (χ1v) is 9.37. The number of carbonyl (C=O) groups is 1. The monoisotopic (exact) mass is 329 g/mol. The minimum Gasteiger partial charge on any atom is -0.341 e. The van der Waals surface area contributed by atoms with Gasteiger partial charge in [-0.15, -0.1) is 0 Å². The van der Waals surface area contributed by atoms with Crippen LogP contribution in [0.4, 0.5) is 0 Å². The van der Waals surface area contributed by atoms with Gasteiger partial charge >= 0.3 is 0 Å². The number of likely N-dealkylation sites (tertiary alicyclic amines) is 1. The Bertz CT molecular complexity index is 626. The van der Waals surface area contributed by atoms with Crippen molar-refractivity contribution in [1.82, 2.24) is 15.0 Å². The summed E-state index contributed by atoms with van der Waals surface area (Å²) in [6.07, 6.45) is 2.20. The minimum atomic E-state index is -3.38. The highest BCUT2D eigenvalue weighted by molar-refractivity contribution is 7.92. The number of piperidine rings is 1. The molecule has 1 aliphatic heterocycles. The van der Waals surface area contributed by atoms with Gasteiger partial charge in [0.2, 0.25) is 11.8 Å². The van der Waals surface area contributed by atoms with E-state index in [9.17, 15) is 13.2 Å². The molecule has 8 heteroatoms. The van der Waals surface area contributed by atoms with Crippen molar-refractivity contribution in [1.29, 1.82) is 0 Å². The second kappa shape index (κ2) is 6.76. The number of carbonyl (C=O) groups excluding carboxylic acids is 1. The van der Waals surface area contributed by atoms with E-state index in [0.717, 1.165) is 12.8 Å². The van der Waals surface area contributed by atoms with Gasteiger partial charge in [-0.25, -0.2) is 8.42 Å². The van der Waals surface area contributed by atoms with Crippen molar-refractivity contribution in [3.63, 3.8) is 0 Å². The average Bonchev–Trinajstić information content (AvgIpc) is 2.92. The molecule has 0 N–H and O–H groups in total. The fraction of sp³-hybridized carbons (Fsp3) is 0.786. The summed E-state index contributed by atoms with van der Waals surface area (Å²) < 4.78 is 29.2. The first kappa shape index (κ1) is 16.9. The van der Waals surface area contributed by atoms with Crippen molar-refractivity contribution >= 4 is 15.7 Å². The standard InChI is InChI=1S/C14H23N3O4S/c1-4-8-22(19,20)10(2)14(18)17-7-5-6-12(9-17)13-15-11(3)21-16-13/h10,12H,4-9H2,1-3H3/t10-,12-/m1/s1. The van der Waals surface area contributed by atoms with Gasteiger partial charge < -0.3 is 9.42 Å². The van der Waals surface area contributed by atoms with Crippen LogP contribution in [-0.2, 0) is 14.6 Å². The van der Waals surface area contributed by atoms with E-state index in [1.165, 1.54) is 6.92 Å². The normalized spacial score (nSPS) is 20.9. The number of nitrogens with zero attached hydrogens (tertiary/aromatic N) is 3. The highest BCUT2D eigenvalue weighted by Crippen LogP contribution is 2.25. The SMILES string of the molecule is CCCS(=O)(=O)[C@H](C)C(=O)N1CCC[C@@H](c2noc(C)n2)C1. The molecule has 2 heterocycles. The van der Waals surface area contributed by atoms with Gasteiger partial charge in [-0.2, -0.15) is 4.98 Å². The molecule has 1 aromatic rings. The third kappa shape index (κ3) is 3.66. The van der Waals surface area contributed by atoms with E-state index in [4.69, 9.17) is 4.52 Å². The van der Waals surface area contributed by atoms with Crippen molar-refractivity contribution in [3.05, 3.63) is 11.7 Å². The molecule has 1 fully saturated rings. The highest BCUT2D eigenvalue weighted by Gasteiger charge is 2.34.